The van der Waals surface area contributed by atoms with E-state index >= 15 is 0 Å². The van der Waals surface area contributed by atoms with Crippen molar-refractivity contribution in [3.05, 3.63) is 59.6 Å². The number of nitriles is 1. The van der Waals surface area contributed by atoms with Crippen molar-refractivity contribution >= 4 is 17.7 Å². The summed E-state index contributed by atoms with van der Waals surface area (Å²) < 4.78 is 19.9. The zero-order valence-electron chi connectivity index (χ0n) is 16.0. The molecule has 0 aromatic heterocycles. The minimum atomic E-state index is -1.94. The number of carbonyl (C=O) groups is 3. The molecule has 0 bridgehead atoms. The Hall–Kier alpha value is -3.47. The Labute approximate surface area is 167 Å². The predicted molar refractivity (Wildman–Crippen MR) is 100 cm³/mol. The molecule has 1 aromatic rings. The molecule has 0 spiro atoms. The normalized spacial score (nSPS) is 27.6. The summed E-state index contributed by atoms with van der Waals surface area (Å²) in [7, 11) is 0. The van der Waals surface area contributed by atoms with Crippen LogP contribution in [-0.4, -0.2) is 41.3 Å². The largest absolute Gasteiger partial charge is 0.465 e. The third-order valence-corrected chi connectivity index (χ3v) is 5.40. The molecule has 2 N–H and O–H groups in total. The molecular weight excluding hydrogens is 377 g/mol. The van der Waals surface area contributed by atoms with Gasteiger partial charge in [-0.05, 0) is 25.5 Å². The summed E-state index contributed by atoms with van der Waals surface area (Å²) in [6, 6.07) is 5.43. The highest BCUT2D eigenvalue weighted by Gasteiger charge is 2.66. The third kappa shape index (κ3) is 2.99. The highest BCUT2D eigenvalue weighted by Crippen LogP contribution is 2.54. The van der Waals surface area contributed by atoms with Crippen molar-refractivity contribution in [1.29, 1.82) is 5.26 Å². The van der Waals surface area contributed by atoms with Crippen LogP contribution in [0.25, 0.3) is 0 Å². The van der Waals surface area contributed by atoms with Gasteiger partial charge >= 0.3 is 5.97 Å². The van der Waals surface area contributed by atoms with Gasteiger partial charge in [0.1, 0.15) is 11.9 Å². The quantitative estimate of drug-likeness (QED) is 0.755. The number of rotatable bonds is 5. The van der Waals surface area contributed by atoms with Gasteiger partial charge in [-0.2, -0.15) is 5.26 Å². The van der Waals surface area contributed by atoms with Gasteiger partial charge in [-0.15, -0.1) is 0 Å². The summed E-state index contributed by atoms with van der Waals surface area (Å²) in [4.78, 5) is 38.8. The van der Waals surface area contributed by atoms with E-state index in [1.54, 1.807) is 13.0 Å². The van der Waals surface area contributed by atoms with E-state index in [9.17, 15) is 24.0 Å². The first-order valence-corrected chi connectivity index (χ1v) is 9.10. The molecule has 1 amide bonds. The van der Waals surface area contributed by atoms with Gasteiger partial charge in [-0.3, -0.25) is 14.4 Å². The maximum atomic E-state index is 14.8. The van der Waals surface area contributed by atoms with Crippen molar-refractivity contribution in [1.82, 2.24) is 4.90 Å². The average molecular weight is 397 g/mol. The van der Waals surface area contributed by atoms with E-state index in [-0.39, 0.29) is 23.5 Å². The summed E-state index contributed by atoms with van der Waals surface area (Å²) in [5.41, 5.74) is 4.00. The molecule has 1 saturated heterocycles. The monoisotopic (exact) mass is 397 g/mol. The van der Waals surface area contributed by atoms with Crippen LogP contribution in [0.5, 0.6) is 0 Å². The molecule has 0 saturated carbocycles. The molecule has 29 heavy (non-hydrogen) atoms. The SMILES string of the molecule is CCOC(=O)[C@]1(C#N)[C@H](c2ccccc2F)[C@@H](C(N)=O)N2C=C(C(C)=O)C=C[C@H]21. The number of primary amides is 1. The molecule has 0 aliphatic carbocycles. The molecule has 8 heteroatoms. The van der Waals surface area contributed by atoms with Crippen LogP contribution in [-0.2, 0) is 19.1 Å². The van der Waals surface area contributed by atoms with Gasteiger partial charge in [-0.25, -0.2) is 4.39 Å². The molecule has 2 aliphatic heterocycles. The second-order valence-electron chi connectivity index (χ2n) is 6.94. The van der Waals surface area contributed by atoms with Crippen LogP contribution in [0.15, 0.2) is 48.2 Å². The van der Waals surface area contributed by atoms with Gasteiger partial charge in [0, 0.05) is 17.7 Å². The van der Waals surface area contributed by atoms with Crippen LogP contribution in [0.2, 0.25) is 0 Å². The van der Waals surface area contributed by atoms with E-state index in [1.165, 1.54) is 48.4 Å². The second-order valence-corrected chi connectivity index (χ2v) is 6.94. The van der Waals surface area contributed by atoms with E-state index in [0.717, 1.165) is 0 Å². The first-order valence-electron chi connectivity index (χ1n) is 9.10. The summed E-state index contributed by atoms with van der Waals surface area (Å²) >= 11 is 0. The summed E-state index contributed by atoms with van der Waals surface area (Å²) in [6.45, 7) is 2.94. The lowest BCUT2D eigenvalue weighted by molar-refractivity contribution is -0.153. The van der Waals surface area contributed by atoms with E-state index in [0.29, 0.717) is 0 Å². The Bertz CT molecular complexity index is 980. The minimum Gasteiger partial charge on any atom is -0.465 e. The highest BCUT2D eigenvalue weighted by atomic mass is 19.1. The molecular formula is C21H20FN3O4. The number of nitrogens with two attached hydrogens (primary N) is 1. The summed E-state index contributed by atoms with van der Waals surface area (Å²) in [5.74, 6) is -3.90. The Morgan fingerprint density at radius 1 is 1.34 bits per heavy atom. The van der Waals surface area contributed by atoms with Crippen LogP contribution in [0.3, 0.4) is 0 Å². The molecule has 0 unspecified atom stereocenters. The molecule has 1 aromatic carbocycles. The number of Topliss-reactive ketones (excluding diaryl/α,β-unsaturated/α-hetero) is 1. The number of hydrogen-bond donors (Lipinski definition) is 1. The topological polar surface area (TPSA) is 113 Å². The summed E-state index contributed by atoms with van der Waals surface area (Å²) in [6.07, 6.45) is 4.37. The number of benzene rings is 1. The van der Waals surface area contributed by atoms with Crippen molar-refractivity contribution in [2.45, 2.75) is 31.8 Å². The van der Waals surface area contributed by atoms with E-state index in [2.05, 4.69) is 0 Å². The van der Waals surface area contributed by atoms with Gasteiger partial charge < -0.3 is 15.4 Å². The maximum absolute atomic E-state index is 14.8. The average Bonchev–Trinajstić information content (AvgIpc) is 2.99. The molecule has 2 aliphatic rings. The molecule has 0 radical (unpaired) electrons. The zero-order chi connectivity index (χ0) is 21.3. The zero-order valence-corrected chi connectivity index (χ0v) is 16.0. The number of allylic oxidation sites excluding steroid dienone is 2. The fourth-order valence-electron chi connectivity index (χ4n) is 4.17. The number of hydrogen-bond acceptors (Lipinski definition) is 6. The van der Waals surface area contributed by atoms with Crippen molar-refractivity contribution in [3.8, 4) is 6.07 Å². The van der Waals surface area contributed by atoms with E-state index in [1.807, 2.05) is 6.07 Å². The fraction of sp³-hybridized carbons (Fsp3) is 0.333. The minimum absolute atomic E-state index is 0.00153. The molecule has 4 atom stereocenters. The molecule has 3 rings (SSSR count). The number of nitrogens with zero attached hydrogens (tertiary/aromatic N) is 2. The highest BCUT2D eigenvalue weighted by molar-refractivity contribution is 5.97. The van der Waals surface area contributed by atoms with Crippen LogP contribution >= 0.6 is 0 Å². The Morgan fingerprint density at radius 2 is 2.03 bits per heavy atom. The molecule has 2 heterocycles. The lowest BCUT2D eigenvalue weighted by Crippen LogP contribution is -2.45. The number of fused-ring (bicyclic) bond motifs is 1. The van der Waals surface area contributed by atoms with Crippen molar-refractivity contribution in [2.24, 2.45) is 11.1 Å². The third-order valence-electron chi connectivity index (χ3n) is 5.40. The van der Waals surface area contributed by atoms with Crippen LogP contribution in [0, 0.1) is 22.6 Å². The number of ketones is 1. The van der Waals surface area contributed by atoms with Gasteiger partial charge in [0.15, 0.2) is 11.2 Å². The maximum Gasteiger partial charge on any atom is 0.329 e. The first kappa shape index (κ1) is 20.3. The van der Waals surface area contributed by atoms with E-state index < -0.39 is 41.1 Å². The smallest absolute Gasteiger partial charge is 0.329 e. The number of amides is 1. The van der Waals surface area contributed by atoms with Gasteiger partial charge in [0.05, 0.1) is 18.7 Å². The number of carbonyl (C=O) groups excluding carboxylic acids is 3. The fourth-order valence-corrected chi connectivity index (χ4v) is 4.17. The van der Waals surface area contributed by atoms with Crippen molar-refractivity contribution in [3.63, 3.8) is 0 Å². The van der Waals surface area contributed by atoms with Gasteiger partial charge in [-0.1, -0.05) is 30.4 Å². The Morgan fingerprint density at radius 3 is 2.59 bits per heavy atom. The molecule has 1 fully saturated rings. The lowest BCUT2D eigenvalue weighted by Gasteiger charge is -2.32. The standard InChI is InChI=1S/C21H20FN3O4/c1-3-29-20(28)21(11-23)16-9-8-13(12(2)26)10-25(16)18(19(24)27)17(21)14-6-4-5-7-15(14)22/h4-10,16-18H,3H2,1-2H3,(H2,24,27)/t16-,17+,18-,21-/m0/s1. The van der Waals surface area contributed by atoms with Crippen molar-refractivity contribution < 1.29 is 23.5 Å². The number of halogens is 1. The van der Waals surface area contributed by atoms with Crippen LogP contribution < -0.4 is 5.73 Å². The van der Waals surface area contributed by atoms with Crippen LogP contribution in [0.4, 0.5) is 4.39 Å². The lowest BCUT2D eigenvalue weighted by atomic mass is 9.68. The van der Waals surface area contributed by atoms with Crippen LogP contribution in [0.1, 0.15) is 25.3 Å². The number of esters is 1. The predicted octanol–water partition coefficient (Wildman–Crippen LogP) is 1.56. The molecule has 7 nitrogen and oxygen atoms in total. The summed E-state index contributed by atoms with van der Waals surface area (Å²) in [5, 5.41) is 10.2. The first-order chi connectivity index (χ1) is 13.8. The Kier molecular flexibility index (Phi) is 5.25. The number of ether oxygens (including phenoxy) is 1. The second kappa shape index (κ2) is 7.51. The van der Waals surface area contributed by atoms with E-state index in [4.69, 9.17) is 10.5 Å². The molecule has 150 valence electrons. The van der Waals surface area contributed by atoms with Gasteiger partial charge in [0.2, 0.25) is 5.91 Å². The van der Waals surface area contributed by atoms with Crippen molar-refractivity contribution in [2.75, 3.05) is 6.61 Å². The van der Waals surface area contributed by atoms with Gasteiger partial charge in [0.25, 0.3) is 0 Å². The Balaban J connectivity index is 2.32.